The maximum atomic E-state index is 12.1. The molecule has 6 heteroatoms. The number of carbonyl (C=O) groups excluding carboxylic acids is 2. The summed E-state index contributed by atoms with van der Waals surface area (Å²) in [6.07, 6.45) is 1.00. The standard InChI is InChI=1S/C16H26N2O4/c1-10(2)14(20)13-11(8-7-9-12(13)19)17-18(6)15(21)22-16(3,4)5/h10,20H,7-9H2,1-6H3. The Labute approximate surface area is 131 Å². The number of Topliss-reactive ketones (excluding diaryl/α,β-unsaturated/α-hetero) is 1. The van der Waals surface area contributed by atoms with Gasteiger partial charge in [-0.15, -0.1) is 0 Å². The average Bonchev–Trinajstić information content (AvgIpc) is 2.36. The van der Waals surface area contributed by atoms with Crippen molar-refractivity contribution in [2.75, 3.05) is 7.05 Å². The van der Waals surface area contributed by atoms with Crippen molar-refractivity contribution in [3.63, 3.8) is 0 Å². The maximum absolute atomic E-state index is 12.1. The molecule has 0 radical (unpaired) electrons. The molecule has 1 aliphatic carbocycles. The van der Waals surface area contributed by atoms with E-state index in [2.05, 4.69) is 5.10 Å². The molecule has 1 rings (SSSR count). The van der Waals surface area contributed by atoms with Crippen LogP contribution in [0.4, 0.5) is 4.79 Å². The second-order valence-electron chi connectivity index (χ2n) is 6.74. The van der Waals surface area contributed by atoms with Gasteiger partial charge in [-0.25, -0.2) is 9.80 Å². The largest absolute Gasteiger partial charge is 0.511 e. The molecule has 6 nitrogen and oxygen atoms in total. The Morgan fingerprint density at radius 3 is 2.41 bits per heavy atom. The minimum absolute atomic E-state index is 0.0287. The predicted octanol–water partition coefficient (Wildman–Crippen LogP) is 3.43. The highest BCUT2D eigenvalue weighted by Crippen LogP contribution is 2.24. The number of allylic oxidation sites excluding steroid dienone is 2. The normalized spacial score (nSPS) is 20.3. The molecular weight excluding hydrogens is 284 g/mol. The van der Waals surface area contributed by atoms with Crippen molar-refractivity contribution in [1.29, 1.82) is 0 Å². The first-order valence-electron chi connectivity index (χ1n) is 7.54. The number of carbonyl (C=O) groups is 2. The number of amides is 1. The van der Waals surface area contributed by atoms with Gasteiger partial charge in [0.1, 0.15) is 11.4 Å². The van der Waals surface area contributed by atoms with Crippen LogP contribution in [0.25, 0.3) is 0 Å². The van der Waals surface area contributed by atoms with Gasteiger partial charge in [-0.05, 0) is 33.6 Å². The first kappa shape index (κ1) is 18.2. The number of hydrogen-bond donors (Lipinski definition) is 1. The molecule has 0 spiro atoms. The summed E-state index contributed by atoms with van der Waals surface area (Å²) in [5, 5.41) is 15.4. The first-order chi connectivity index (χ1) is 10.0. The van der Waals surface area contributed by atoms with Crippen LogP contribution in [0, 0.1) is 5.92 Å². The number of ketones is 1. The molecule has 1 saturated carbocycles. The molecule has 0 heterocycles. The fourth-order valence-corrected chi connectivity index (χ4v) is 2.06. The fraction of sp³-hybridized carbons (Fsp3) is 0.688. The molecule has 0 atom stereocenters. The third-order valence-corrected chi connectivity index (χ3v) is 3.12. The zero-order valence-electron chi connectivity index (χ0n) is 14.3. The van der Waals surface area contributed by atoms with Crippen LogP contribution in [0.15, 0.2) is 16.4 Å². The molecule has 22 heavy (non-hydrogen) atoms. The lowest BCUT2D eigenvalue weighted by Crippen LogP contribution is -2.33. The molecule has 0 aromatic heterocycles. The van der Waals surface area contributed by atoms with Gasteiger partial charge in [-0.2, -0.15) is 5.10 Å². The van der Waals surface area contributed by atoms with Gasteiger partial charge in [0.25, 0.3) is 0 Å². The van der Waals surface area contributed by atoms with E-state index in [-0.39, 0.29) is 23.0 Å². The van der Waals surface area contributed by atoms with Crippen LogP contribution in [-0.2, 0) is 9.53 Å². The summed E-state index contributed by atoms with van der Waals surface area (Å²) in [4.78, 5) is 24.1. The van der Waals surface area contributed by atoms with Crippen molar-refractivity contribution in [1.82, 2.24) is 5.01 Å². The lowest BCUT2D eigenvalue weighted by atomic mass is 9.88. The van der Waals surface area contributed by atoms with E-state index in [4.69, 9.17) is 4.74 Å². The van der Waals surface area contributed by atoms with Gasteiger partial charge >= 0.3 is 6.09 Å². The zero-order chi connectivity index (χ0) is 17.1. The molecule has 0 aromatic rings. The van der Waals surface area contributed by atoms with Crippen molar-refractivity contribution in [3.8, 4) is 0 Å². The lowest BCUT2D eigenvalue weighted by molar-refractivity contribution is -0.115. The van der Waals surface area contributed by atoms with E-state index in [0.29, 0.717) is 25.0 Å². The van der Waals surface area contributed by atoms with Gasteiger partial charge < -0.3 is 9.84 Å². The van der Waals surface area contributed by atoms with Gasteiger partial charge in [0.05, 0.1) is 11.3 Å². The van der Waals surface area contributed by atoms with E-state index in [1.54, 1.807) is 34.6 Å². The van der Waals surface area contributed by atoms with Gasteiger partial charge in [0.2, 0.25) is 0 Å². The molecule has 124 valence electrons. The van der Waals surface area contributed by atoms with Gasteiger partial charge in [0.15, 0.2) is 5.78 Å². The summed E-state index contributed by atoms with van der Waals surface area (Å²) >= 11 is 0. The molecule has 0 saturated heterocycles. The Bertz CT molecular complexity index is 513. The summed E-state index contributed by atoms with van der Waals surface area (Å²) in [6, 6.07) is 0. The minimum Gasteiger partial charge on any atom is -0.511 e. The van der Waals surface area contributed by atoms with Gasteiger partial charge in [-0.3, -0.25) is 4.79 Å². The molecular formula is C16H26N2O4. The maximum Gasteiger partial charge on any atom is 0.430 e. The van der Waals surface area contributed by atoms with Crippen molar-refractivity contribution in [3.05, 3.63) is 11.3 Å². The zero-order valence-corrected chi connectivity index (χ0v) is 14.3. The number of hydrazone groups is 1. The molecule has 0 aromatic carbocycles. The summed E-state index contributed by atoms with van der Waals surface area (Å²) in [6.45, 7) is 8.92. The average molecular weight is 310 g/mol. The quantitative estimate of drug-likeness (QED) is 0.481. The number of hydrogen-bond acceptors (Lipinski definition) is 5. The SMILES string of the molecule is CC(C)C(O)=C1C(=O)CCCC1=NN(C)C(=O)OC(C)(C)C. The second-order valence-corrected chi connectivity index (χ2v) is 6.74. The summed E-state index contributed by atoms with van der Waals surface area (Å²) in [7, 11) is 1.48. The third-order valence-electron chi connectivity index (χ3n) is 3.12. The minimum atomic E-state index is -0.618. The van der Waals surface area contributed by atoms with E-state index < -0.39 is 11.7 Å². The predicted molar refractivity (Wildman–Crippen MR) is 84.8 cm³/mol. The van der Waals surface area contributed by atoms with Crippen LogP contribution in [0.1, 0.15) is 53.9 Å². The summed E-state index contributed by atoms with van der Waals surface area (Å²) in [5.41, 5.74) is 0.0691. The summed E-state index contributed by atoms with van der Waals surface area (Å²) < 4.78 is 5.23. The van der Waals surface area contributed by atoms with Crippen molar-refractivity contribution >= 4 is 17.6 Å². The Balaban J connectivity index is 3.07. The van der Waals surface area contributed by atoms with E-state index in [1.807, 2.05) is 0 Å². The Morgan fingerprint density at radius 2 is 1.91 bits per heavy atom. The number of aliphatic hydroxyl groups excluding tert-OH is 1. The molecule has 1 fully saturated rings. The number of rotatable bonds is 2. The molecule has 0 aliphatic heterocycles. The highest BCUT2D eigenvalue weighted by molar-refractivity contribution is 6.24. The van der Waals surface area contributed by atoms with E-state index >= 15 is 0 Å². The van der Waals surface area contributed by atoms with Crippen LogP contribution in [-0.4, -0.2) is 40.4 Å². The number of ether oxygens (including phenoxy) is 1. The van der Waals surface area contributed by atoms with Gasteiger partial charge in [0, 0.05) is 19.4 Å². The molecule has 1 N–H and O–H groups in total. The van der Waals surface area contributed by atoms with Crippen LogP contribution >= 0.6 is 0 Å². The Morgan fingerprint density at radius 1 is 1.32 bits per heavy atom. The highest BCUT2D eigenvalue weighted by Gasteiger charge is 2.28. The molecule has 1 aliphatic rings. The van der Waals surface area contributed by atoms with E-state index in [9.17, 15) is 14.7 Å². The van der Waals surface area contributed by atoms with Crippen LogP contribution in [0.3, 0.4) is 0 Å². The summed E-state index contributed by atoms with van der Waals surface area (Å²) in [5.74, 6) is -0.274. The van der Waals surface area contributed by atoms with Crippen LogP contribution in [0.2, 0.25) is 0 Å². The highest BCUT2D eigenvalue weighted by atomic mass is 16.6. The van der Waals surface area contributed by atoms with Crippen molar-refractivity contribution < 1.29 is 19.4 Å². The Kier molecular flexibility index (Phi) is 5.74. The van der Waals surface area contributed by atoms with Crippen LogP contribution in [0.5, 0.6) is 0 Å². The van der Waals surface area contributed by atoms with E-state index in [1.165, 1.54) is 7.05 Å². The third kappa shape index (κ3) is 4.86. The molecule has 1 amide bonds. The monoisotopic (exact) mass is 310 g/mol. The number of nitrogens with zero attached hydrogens (tertiary/aromatic N) is 2. The second kappa shape index (κ2) is 6.94. The van der Waals surface area contributed by atoms with Crippen molar-refractivity contribution in [2.24, 2.45) is 11.0 Å². The fourth-order valence-electron chi connectivity index (χ4n) is 2.06. The lowest BCUT2D eigenvalue weighted by Gasteiger charge is -2.24. The van der Waals surface area contributed by atoms with E-state index in [0.717, 1.165) is 5.01 Å². The van der Waals surface area contributed by atoms with Crippen molar-refractivity contribution in [2.45, 2.75) is 59.5 Å². The van der Waals surface area contributed by atoms with Crippen LogP contribution < -0.4 is 0 Å². The smallest absolute Gasteiger partial charge is 0.430 e. The topological polar surface area (TPSA) is 79.2 Å². The number of aliphatic hydroxyl groups is 1. The molecule has 0 unspecified atom stereocenters. The molecule has 0 bridgehead atoms. The first-order valence-corrected chi connectivity index (χ1v) is 7.54. The van der Waals surface area contributed by atoms with Gasteiger partial charge in [-0.1, -0.05) is 13.8 Å². The Hall–Kier alpha value is -1.85.